The molecule has 2 amide bonds. The standard InChI is InChI=1S/C19H23BrN2O3/c1-3-24-17-10-9-16(13-18(17)25-4-2)22-19(23)21-12-11-14-5-7-15(20)8-6-14/h5-10,13H,3-4,11-12H2,1-2H3,(H2,21,22,23). The molecule has 2 aromatic rings. The van der Waals surface area contributed by atoms with Crippen molar-refractivity contribution in [2.24, 2.45) is 0 Å². The fourth-order valence-corrected chi connectivity index (χ4v) is 2.54. The SMILES string of the molecule is CCOc1ccc(NC(=O)NCCc2ccc(Br)cc2)cc1OCC. The minimum Gasteiger partial charge on any atom is -0.490 e. The zero-order valence-electron chi connectivity index (χ0n) is 14.5. The fraction of sp³-hybridized carbons (Fsp3) is 0.316. The van der Waals surface area contributed by atoms with Crippen molar-refractivity contribution in [2.75, 3.05) is 25.1 Å². The number of carbonyl (C=O) groups excluding carboxylic acids is 1. The molecule has 0 fully saturated rings. The van der Waals surface area contributed by atoms with Crippen LogP contribution in [-0.4, -0.2) is 25.8 Å². The maximum atomic E-state index is 12.0. The van der Waals surface area contributed by atoms with Gasteiger partial charge in [0.1, 0.15) is 0 Å². The Labute approximate surface area is 156 Å². The molecule has 134 valence electrons. The lowest BCUT2D eigenvalue weighted by atomic mass is 10.1. The summed E-state index contributed by atoms with van der Waals surface area (Å²) in [5.74, 6) is 1.29. The summed E-state index contributed by atoms with van der Waals surface area (Å²) in [4.78, 5) is 12.0. The van der Waals surface area contributed by atoms with Gasteiger partial charge in [-0.25, -0.2) is 4.79 Å². The molecule has 0 aliphatic rings. The number of hydrogen-bond acceptors (Lipinski definition) is 3. The summed E-state index contributed by atoms with van der Waals surface area (Å²) in [5.41, 5.74) is 1.83. The van der Waals surface area contributed by atoms with Gasteiger partial charge in [-0.05, 0) is 50.1 Å². The van der Waals surface area contributed by atoms with E-state index in [9.17, 15) is 4.79 Å². The first-order chi connectivity index (χ1) is 12.1. The molecule has 5 nitrogen and oxygen atoms in total. The van der Waals surface area contributed by atoms with Crippen molar-refractivity contribution in [1.82, 2.24) is 5.32 Å². The van der Waals surface area contributed by atoms with Crippen molar-refractivity contribution >= 4 is 27.6 Å². The Hall–Kier alpha value is -2.21. The Kier molecular flexibility index (Phi) is 7.60. The molecular formula is C19H23BrN2O3. The first-order valence-corrected chi connectivity index (χ1v) is 9.10. The normalized spacial score (nSPS) is 10.2. The largest absolute Gasteiger partial charge is 0.490 e. The Morgan fingerprint density at radius 3 is 2.36 bits per heavy atom. The molecule has 2 aromatic carbocycles. The number of benzene rings is 2. The van der Waals surface area contributed by atoms with Gasteiger partial charge in [0.05, 0.1) is 13.2 Å². The predicted molar refractivity (Wildman–Crippen MR) is 104 cm³/mol. The van der Waals surface area contributed by atoms with Crippen molar-refractivity contribution in [3.8, 4) is 11.5 Å². The van der Waals surface area contributed by atoms with Gasteiger partial charge in [0, 0.05) is 22.8 Å². The van der Waals surface area contributed by atoms with Crippen molar-refractivity contribution < 1.29 is 14.3 Å². The molecule has 0 bridgehead atoms. The van der Waals surface area contributed by atoms with Gasteiger partial charge in [0.15, 0.2) is 11.5 Å². The lowest BCUT2D eigenvalue weighted by molar-refractivity contribution is 0.252. The van der Waals surface area contributed by atoms with Crippen LogP contribution in [0.1, 0.15) is 19.4 Å². The third-order valence-electron chi connectivity index (χ3n) is 3.41. The lowest BCUT2D eigenvalue weighted by Gasteiger charge is -2.13. The maximum Gasteiger partial charge on any atom is 0.319 e. The van der Waals surface area contributed by atoms with E-state index in [1.807, 2.05) is 38.1 Å². The second-order valence-corrected chi connectivity index (χ2v) is 6.20. The lowest BCUT2D eigenvalue weighted by Crippen LogP contribution is -2.30. The average Bonchev–Trinajstić information content (AvgIpc) is 2.59. The van der Waals surface area contributed by atoms with Crippen LogP contribution >= 0.6 is 15.9 Å². The van der Waals surface area contributed by atoms with Gasteiger partial charge < -0.3 is 20.1 Å². The molecule has 0 saturated heterocycles. The molecule has 0 saturated carbocycles. The maximum absolute atomic E-state index is 12.0. The highest BCUT2D eigenvalue weighted by atomic mass is 79.9. The highest BCUT2D eigenvalue weighted by Crippen LogP contribution is 2.30. The zero-order chi connectivity index (χ0) is 18.1. The zero-order valence-corrected chi connectivity index (χ0v) is 16.1. The molecule has 0 aliphatic carbocycles. The van der Waals surface area contributed by atoms with Crippen LogP contribution in [0, 0.1) is 0 Å². The van der Waals surface area contributed by atoms with E-state index in [4.69, 9.17) is 9.47 Å². The van der Waals surface area contributed by atoms with Gasteiger partial charge in [-0.15, -0.1) is 0 Å². The van der Waals surface area contributed by atoms with Crippen LogP contribution in [0.3, 0.4) is 0 Å². The van der Waals surface area contributed by atoms with Crippen LogP contribution < -0.4 is 20.1 Å². The quantitative estimate of drug-likeness (QED) is 0.672. The number of nitrogens with one attached hydrogen (secondary N) is 2. The summed E-state index contributed by atoms with van der Waals surface area (Å²) in [7, 11) is 0. The van der Waals surface area contributed by atoms with Crippen LogP contribution in [-0.2, 0) is 6.42 Å². The predicted octanol–water partition coefficient (Wildman–Crippen LogP) is 4.61. The van der Waals surface area contributed by atoms with Crippen LogP contribution in [0.15, 0.2) is 46.9 Å². The Morgan fingerprint density at radius 1 is 1.00 bits per heavy atom. The third kappa shape index (κ3) is 6.31. The van der Waals surface area contributed by atoms with Gasteiger partial charge in [-0.1, -0.05) is 28.1 Å². The van der Waals surface area contributed by atoms with Crippen LogP contribution in [0.4, 0.5) is 10.5 Å². The molecule has 2 rings (SSSR count). The van der Waals surface area contributed by atoms with E-state index in [1.54, 1.807) is 18.2 Å². The highest BCUT2D eigenvalue weighted by molar-refractivity contribution is 9.10. The molecule has 0 atom stereocenters. The molecule has 0 aliphatic heterocycles. The van der Waals surface area contributed by atoms with E-state index in [0.29, 0.717) is 36.9 Å². The van der Waals surface area contributed by atoms with Crippen molar-refractivity contribution in [3.05, 3.63) is 52.5 Å². The molecule has 0 aromatic heterocycles. The van der Waals surface area contributed by atoms with Gasteiger partial charge in [0.2, 0.25) is 0 Å². The van der Waals surface area contributed by atoms with E-state index in [0.717, 1.165) is 10.9 Å². The number of rotatable bonds is 8. The molecular weight excluding hydrogens is 384 g/mol. The number of ether oxygens (including phenoxy) is 2. The summed E-state index contributed by atoms with van der Waals surface area (Å²) in [6.07, 6.45) is 0.772. The van der Waals surface area contributed by atoms with E-state index < -0.39 is 0 Å². The highest BCUT2D eigenvalue weighted by Gasteiger charge is 2.08. The number of hydrogen-bond donors (Lipinski definition) is 2. The molecule has 0 unspecified atom stereocenters. The van der Waals surface area contributed by atoms with Gasteiger partial charge >= 0.3 is 6.03 Å². The molecule has 6 heteroatoms. The van der Waals surface area contributed by atoms with E-state index >= 15 is 0 Å². The molecule has 25 heavy (non-hydrogen) atoms. The summed E-state index contributed by atoms with van der Waals surface area (Å²) in [6, 6.07) is 13.2. The van der Waals surface area contributed by atoms with Crippen molar-refractivity contribution in [1.29, 1.82) is 0 Å². The Morgan fingerprint density at radius 2 is 1.68 bits per heavy atom. The number of anilines is 1. The second kappa shape index (κ2) is 9.93. The van der Waals surface area contributed by atoms with Gasteiger partial charge in [-0.2, -0.15) is 0 Å². The second-order valence-electron chi connectivity index (χ2n) is 5.28. The van der Waals surface area contributed by atoms with E-state index in [1.165, 1.54) is 5.56 Å². The van der Waals surface area contributed by atoms with Crippen molar-refractivity contribution in [2.45, 2.75) is 20.3 Å². The first kappa shape index (κ1) is 19.1. The molecule has 0 radical (unpaired) electrons. The van der Waals surface area contributed by atoms with Crippen LogP contribution in [0.2, 0.25) is 0 Å². The van der Waals surface area contributed by atoms with Gasteiger partial charge in [0.25, 0.3) is 0 Å². The fourth-order valence-electron chi connectivity index (χ4n) is 2.28. The number of halogens is 1. The van der Waals surface area contributed by atoms with Gasteiger partial charge in [-0.3, -0.25) is 0 Å². The van der Waals surface area contributed by atoms with E-state index in [-0.39, 0.29) is 6.03 Å². The van der Waals surface area contributed by atoms with E-state index in [2.05, 4.69) is 26.6 Å². The summed E-state index contributed by atoms with van der Waals surface area (Å²) in [5, 5.41) is 5.66. The minimum absolute atomic E-state index is 0.247. The number of amides is 2. The van der Waals surface area contributed by atoms with Crippen LogP contribution in [0.25, 0.3) is 0 Å². The Bertz CT molecular complexity index is 690. The topological polar surface area (TPSA) is 59.6 Å². The summed E-state index contributed by atoms with van der Waals surface area (Å²) < 4.78 is 12.1. The first-order valence-electron chi connectivity index (χ1n) is 8.31. The number of urea groups is 1. The smallest absolute Gasteiger partial charge is 0.319 e. The Balaban J connectivity index is 1.86. The third-order valence-corrected chi connectivity index (χ3v) is 3.94. The summed E-state index contributed by atoms with van der Waals surface area (Å²) >= 11 is 3.41. The average molecular weight is 407 g/mol. The molecule has 0 spiro atoms. The molecule has 0 heterocycles. The minimum atomic E-state index is -0.247. The summed E-state index contributed by atoms with van der Waals surface area (Å²) in [6.45, 7) is 5.47. The van der Waals surface area contributed by atoms with Crippen molar-refractivity contribution in [3.63, 3.8) is 0 Å². The number of carbonyl (C=O) groups is 1. The monoisotopic (exact) mass is 406 g/mol. The molecule has 2 N–H and O–H groups in total. The van der Waals surface area contributed by atoms with Crippen LogP contribution in [0.5, 0.6) is 11.5 Å².